The Morgan fingerprint density at radius 3 is 2.76 bits per heavy atom. The summed E-state index contributed by atoms with van der Waals surface area (Å²) in [5, 5.41) is 0. The van der Waals surface area contributed by atoms with Crippen LogP contribution in [0.25, 0.3) is 0 Å². The van der Waals surface area contributed by atoms with Crippen molar-refractivity contribution in [3.63, 3.8) is 0 Å². The number of hydrogen-bond donors (Lipinski definition) is 2. The third-order valence-corrected chi connectivity index (χ3v) is 4.06. The number of likely N-dealkylation sites (N-methyl/N-ethyl adjacent to an activating group) is 1. The monoisotopic (exact) mass is 254 g/mol. The van der Waals surface area contributed by atoms with E-state index in [9.17, 15) is 4.79 Å². The Balaban J connectivity index is 1.90. The Bertz CT molecular complexity index is 385. The maximum Gasteiger partial charge on any atom is 0.275 e. The van der Waals surface area contributed by atoms with E-state index in [1.165, 1.54) is 16.2 Å². The Kier molecular flexibility index (Phi) is 4.11. The van der Waals surface area contributed by atoms with Crippen LogP contribution in [0, 0.1) is 0 Å². The van der Waals surface area contributed by atoms with Crippen LogP contribution in [0.1, 0.15) is 14.5 Å². The number of hydrazine groups is 1. The molecule has 1 amide bonds. The van der Waals surface area contributed by atoms with E-state index < -0.39 is 0 Å². The molecule has 2 rings (SSSR count). The summed E-state index contributed by atoms with van der Waals surface area (Å²) in [6.07, 6.45) is 0. The molecular formula is C11H18N4OS. The second-order valence-electron chi connectivity index (χ2n) is 4.32. The predicted molar refractivity (Wildman–Crippen MR) is 68.7 cm³/mol. The molecule has 1 aliphatic rings. The molecule has 2 heterocycles. The van der Waals surface area contributed by atoms with Crippen molar-refractivity contribution in [3.8, 4) is 0 Å². The van der Waals surface area contributed by atoms with Gasteiger partial charge in [0.1, 0.15) is 0 Å². The van der Waals surface area contributed by atoms with Crippen molar-refractivity contribution in [2.45, 2.75) is 6.54 Å². The van der Waals surface area contributed by atoms with Gasteiger partial charge in [0, 0.05) is 37.6 Å². The highest BCUT2D eigenvalue weighted by atomic mass is 32.1. The number of nitrogens with two attached hydrogens (primary N) is 1. The fourth-order valence-corrected chi connectivity index (χ4v) is 2.84. The van der Waals surface area contributed by atoms with Crippen molar-refractivity contribution < 1.29 is 4.79 Å². The molecule has 0 aromatic carbocycles. The normalized spacial score (nSPS) is 18.2. The van der Waals surface area contributed by atoms with Crippen LogP contribution in [0.2, 0.25) is 0 Å². The first kappa shape index (κ1) is 12.5. The van der Waals surface area contributed by atoms with Crippen molar-refractivity contribution in [2.24, 2.45) is 5.84 Å². The molecule has 0 atom stereocenters. The van der Waals surface area contributed by atoms with Crippen LogP contribution in [-0.4, -0.2) is 48.9 Å². The zero-order chi connectivity index (χ0) is 12.3. The Hall–Kier alpha value is -0.950. The summed E-state index contributed by atoms with van der Waals surface area (Å²) in [4.78, 5) is 18.0. The Morgan fingerprint density at radius 2 is 2.12 bits per heavy atom. The molecule has 1 aromatic heterocycles. The number of carbonyl (C=O) groups excluding carboxylic acids is 1. The van der Waals surface area contributed by atoms with E-state index in [4.69, 9.17) is 5.84 Å². The maximum atomic E-state index is 11.3. The van der Waals surface area contributed by atoms with Gasteiger partial charge in [0.05, 0.1) is 4.88 Å². The lowest BCUT2D eigenvalue weighted by Crippen LogP contribution is -2.43. The second kappa shape index (κ2) is 5.59. The summed E-state index contributed by atoms with van der Waals surface area (Å²) in [7, 11) is 2.15. The molecule has 5 nitrogen and oxygen atoms in total. The number of nitrogens with zero attached hydrogens (tertiary/aromatic N) is 2. The number of thiophene rings is 1. The van der Waals surface area contributed by atoms with E-state index in [-0.39, 0.29) is 5.91 Å². The minimum atomic E-state index is -0.209. The molecule has 6 heteroatoms. The lowest BCUT2D eigenvalue weighted by Gasteiger charge is -2.31. The summed E-state index contributed by atoms with van der Waals surface area (Å²) in [6, 6.07) is 3.84. The fraction of sp³-hybridized carbons (Fsp3) is 0.545. The van der Waals surface area contributed by atoms with Crippen molar-refractivity contribution in [3.05, 3.63) is 21.9 Å². The Labute approximate surface area is 105 Å². The molecule has 0 aliphatic carbocycles. The van der Waals surface area contributed by atoms with E-state index in [2.05, 4.69) is 22.3 Å². The molecular weight excluding hydrogens is 236 g/mol. The summed E-state index contributed by atoms with van der Waals surface area (Å²) in [5.41, 5.74) is 2.16. The van der Waals surface area contributed by atoms with Gasteiger partial charge in [-0.05, 0) is 19.2 Å². The average molecular weight is 254 g/mol. The van der Waals surface area contributed by atoms with Crippen molar-refractivity contribution in [1.82, 2.24) is 15.2 Å². The van der Waals surface area contributed by atoms with Crippen molar-refractivity contribution in [1.29, 1.82) is 0 Å². The highest BCUT2D eigenvalue weighted by Crippen LogP contribution is 2.18. The molecule has 0 spiro atoms. The van der Waals surface area contributed by atoms with Crippen molar-refractivity contribution >= 4 is 17.2 Å². The topological polar surface area (TPSA) is 61.6 Å². The minimum absolute atomic E-state index is 0.209. The third-order valence-electron chi connectivity index (χ3n) is 2.99. The lowest BCUT2D eigenvalue weighted by molar-refractivity contribution is 0.0957. The van der Waals surface area contributed by atoms with Gasteiger partial charge in [-0.2, -0.15) is 0 Å². The van der Waals surface area contributed by atoms with Gasteiger partial charge in [0.2, 0.25) is 0 Å². The van der Waals surface area contributed by atoms with Crippen LogP contribution in [-0.2, 0) is 6.54 Å². The van der Waals surface area contributed by atoms with Gasteiger partial charge >= 0.3 is 0 Å². The second-order valence-corrected chi connectivity index (χ2v) is 5.49. The van der Waals surface area contributed by atoms with Crippen molar-refractivity contribution in [2.75, 3.05) is 33.2 Å². The largest absolute Gasteiger partial charge is 0.304 e. The van der Waals surface area contributed by atoms with Crippen LogP contribution in [0.3, 0.4) is 0 Å². The molecule has 17 heavy (non-hydrogen) atoms. The molecule has 3 N–H and O–H groups in total. The van der Waals surface area contributed by atoms with Gasteiger partial charge in [-0.15, -0.1) is 11.3 Å². The highest BCUT2D eigenvalue weighted by molar-refractivity contribution is 7.14. The number of hydrogen-bond acceptors (Lipinski definition) is 5. The van der Waals surface area contributed by atoms with E-state index in [1.807, 2.05) is 12.1 Å². The van der Waals surface area contributed by atoms with E-state index in [0.29, 0.717) is 4.88 Å². The number of nitrogens with one attached hydrogen (secondary N) is 1. The molecule has 0 saturated carbocycles. The number of carbonyl (C=O) groups is 1. The molecule has 0 unspecified atom stereocenters. The van der Waals surface area contributed by atoms with E-state index >= 15 is 0 Å². The molecule has 0 bridgehead atoms. The quantitative estimate of drug-likeness (QED) is 0.456. The van der Waals surface area contributed by atoms with Gasteiger partial charge in [-0.1, -0.05) is 0 Å². The fourth-order valence-electron chi connectivity index (χ4n) is 1.88. The summed E-state index contributed by atoms with van der Waals surface area (Å²) in [5.74, 6) is 4.90. The van der Waals surface area contributed by atoms with Crippen LogP contribution < -0.4 is 11.3 Å². The maximum absolute atomic E-state index is 11.3. The molecule has 1 fully saturated rings. The number of nitrogen functional groups attached to an aromatic ring is 1. The number of piperazine rings is 1. The minimum Gasteiger partial charge on any atom is -0.304 e. The zero-order valence-electron chi connectivity index (χ0n) is 9.98. The van der Waals surface area contributed by atoms with Gasteiger partial charge < -0.3 is 4.90 Å². The molecule has 0 radical (unpaired) electrons. The van der Waals surface area contributed by atoms with Crippen LogP contribution in [0.4, 0.5) is 0 Å². The molecule has 1 aromatic rings. The summed E-state index contributed by atoms with van der Waals surface area (Å²) in [6.45, 7) is 5.33. The smallest absolute Gasteiger partial charge is 0.275 e. The Morgan fingerprint density at radius 1 is 1.41 bits per heavy atom. The highest BCUT2D eigenvalue weighted by Gasteiger charge is 2.15. The van der Waals surface area contributed by atoms with Gasteiger partial charge in [0.15, 0.2) is 0 Å². The average Bonchev–Trinajstić information content (AvgIpc) is 2.80. The third kappa shape index (κ3) is 3.26. The first-order chi connectivity index (χ1) is 8.19. The number of rotatable bonds is 3. The number of amides is 1. The first-order valence-electron chi connectivity index (χ1n) is 5.69. The van der Waals surface area contributed by atoms with Gasteiger partial charge in [0.25, 0.3) is 5.91 Å². The van der Waals surface area contributed by atoms with Crippen LogP contribution in [0.15, 0.2) is 12.1 Å². The van der Waals surface area contributed by atoms with Gasteiger partial charge in [-0.3, -0.25) is 15.1 Å². The van der Waals surface area contributed by atoms with Crippen LogP contribution >= 0.6 is 11.3 Å². The summed E-state index contributed by atoms with van der Waals surface area (Å²) < 4.78 is 0. The van der Waals surface area contributed by atoms with E-state index in [0.717, 1.165) is 32.7 Å². The molecule has 1 aliphatic heterocycles. The first-order valence-corrected chi connectivity index (χ1v) is 6.51. The lowest BCUT2D eigenvalue weighted by atomic mass is 10.3. The summed E-state index contributed by atoms with van der Waals surface area (Å²) >= 11 is 1.51. The van der Waals surface area contributed by atoms with Crippen LogP contribution in [0.5, 0.6) is 0 Å². The molecule has 1 saturated heterocycles. The molecule has 94 valence electrons. The zero-order valence-corrected chi connectivity index (χ0v) is 10.8. The standard InChI is InChI=1S/C11H18N4OS/c1-14-4-6-15(7-5-14)8-9-2-3-10(17-9)11(16)13-12/h2-3H,4-8,12H2,1H3,(H,13,16). The van der Waals surface area contributed by atoms with Gasteiger partial charge in [-0.25, -0.2) is 5.84 Å². The van der Waals surface area contributed by atoms with E-state index in [1.54, 1.807) is 0 Å². The predicted octanol–water partition coefficient (Wildman–Crippen LogP) is 0.0990. The SMILES string of the molecule is CN1CCN(Cc2ccc(C(=O)NN)s2)CC1.